The summed E-state index contributed by atoms with van der Waals surface area (Å²) in [6, 6.07) is 6.57. The maximum absolute atomic E-state index is 10.3. The summed E-state index contributed by atoms with van der Waals surface area (Å²) in [4.78, 5) is 0. The molecular formula is C16H22O. The zero-order valence-corrected chi connectivity index (χ0v) is 10.8. The topological polar surface area (TPSA) is 20.2 Å². The maximum Gasteiger partial charge on any atom is 0.0608 e. The van der Waals surface area contributed by atoms with Crippen molar-refractivity contribution in [1.82, 2.24) is 0 Å². The average Bonchev–Trinajstić information content (AvgIpc) is 2.91. The van der Waals surface area contributed by atoms with E-state index in [-0.39, 0.29) is 6.10 Å². The van der Waals surface area contributed by atoms with Gasteiger partial charge in [0.05, 0.1) is 6.10 Å². The number of fused-ring (bicyclic) bond motifs is 1. The Kier molecular flexibility index (Phi) is 2.74. The Morgan fingerprint density at radius 2 is 1.82 bits per heavy atom. The Bertz CT molecular complexity index is 414. The Morgan fingerprint density at radius 1 is 1.12 bits per heavy atom. The molecule has 1 heteroatoms. The lowest BCUT2D eigenvalue weighted by Crippen LogP contribution is -2.21. The second kappa shape index (κ2) is 4.13. The highest BCUT2D eigenvalue weighted by molar-refractivity contribution is 5.30. The number of hydrogen-bond donors (Lipinski definition) is 1. The van der Waals surface area contributed by atoms with Crippen LogP contribution in [0, 0.1) is 31.6 Å². The van der Waals surface area contributed by atoms with Crippen LogP contribution < -0.4 is 0 Å². The molecule has 2 fully saturated rings. The van der Waals surface area contributed by atoms with Crippen LogP contribution in [-0.2, 0) is 6.42 Å². The smallest absolute Gasteiger partial charge is 0.0608 e. The zero-order valence-electron chi connectivity index (χ0n) is 10.8. The normalized spacial score (nSPS) is 32.3. The third-order valence-corrected chi connectivity index (χ3v) is 4.84. The summed E-state index contributed by atoms with van der Waals surface area (Å²) in [5, 5.41) is 10.3. The van der Waals surface area contributed by atoms with Crippen LogP contribution in [0.5, 0.6) is 0 Å². The van der Waals surface area contributed by atoms with E-state index < -0.39 is 0 Å². The monoisotopic (exact) mass is 230 g/mol. The molecule has 0 amide bonds. The van der Waals surface area contributed by atoms with Crippen molar-refractivity contribution in [2.45, 2.75) is 45.6 Å². The van der Waals surface area contributed by atoms with Gasteiger partial charge >= 0.3 is 0 Å². The van der Waals surface area contributed by atoms with Crippen LogP contribution in [0.3, 0.4) is 0 Å². The van der Waals surface area contributed by atoms with E-state index in [0.717, 1.165) is 18.3 Å². The molecule has 0 radical (unpaired) electrons. The van der Waals surface area contributed by atoms with E-state index >= 15 is 0 Å². The predicted molar refractivity (Wildman–Crippen MR) is 69.9 cm³/mol. The van der Waals surface area contributed by atoms with Gasteiger partial charge in [-0.2, -0.15) is 0 Å². The van der Waals surface area contributed by atoms with E-state index in [1.807, 2.05) is 0 Å². The molecule has 3 rings (SSSR count). The molecular weight excluding hydrogens is 208 g/mol. The highest BCUT2D eigenvalue weighted by Gasteiger charge is 2.47. The van der Waals surface area contributed by atoms with Crippen molar-refractivity contribution < 1.29 is 5.11 Å². The summed E-state index contributed by atoms with van der Waals surface area (Å²) in [7, 11) is 0. The van der Waals surface area contributed by atoms with E-state index in [9.17, 15) is 5.11 Å². The Labute approximate surface area is 104 Å². The van der Waals surface area contributed by atoms with Gasteiger partial charge in [-0.1, -0.05) is 18.2 Å². The first-order chi connectivity index (χ1) is 8.13. The molecule has 2 saturated carbocycles. The van der Waals surface area contributed by atoms with E-state index in [4.69, 9.17) is 0 Å². The predicted octanol–water partition coefficient (Wildman–Crippen LogP) is 3.25. The van der Waals surface area contributed by atoms with E-state index in [0.29, 0.717) is 5.92 Å². The van der Waals surface area contributed by atoms with Gasteiger partial charge in [0.15, 0.2) is 0 Å². The van der Waals surface area contributed by atoms with Gasteiger partial charge in [0.25, 0.3) is 0 Å². The molecule has 0 aliphatic heterocycles. The number of hydrogen-bond acceptors (Lipinski definition) is 1. The van der Waals surface area contributed by atoms with Crippen LogP contribution in [0.15, 0.2) is 18.2 Å². The minimum Gasteiger partial charge on any atom is -0.392 e. The molecule has 0 heterocycles. The lowest BCUT2D eigenvalue weighted by molar-refractivity contribution is 0.104. The van der Waals surface area contributed by atoms with Crippen LogP contribution in [0.25, 0.3) is 0 Å². The van der Waals surface area contributed by atoms with E-state index in [1.165, 1.54) is 36.0 Å². The largest absolute Gasteiger partial charge is 0.392 e. The zero-order chi connectivity index (χ0) is 12.0. The fraction of sp³-hybridized carbons (Fsp3) is 0.625. The third kappa shape index (κ3) is 2.26. The minimum absolute atomic E-state index is 0.120. The third-order valence-electron chi connectivity index (χ3n) is 4.84. The molecule has 1 aromatic rings. The van der Waals surface area contributed by atoms with Gasteiger partial charge in [0, 0.05) is 0 Å². The van der Waals surface area contributed by atoms with Gasteiger partial charge in [0.2, 0.25) is 0 Å². The molecule has 3 unspecified atom stereocenters. The molecule has 92 valence electrons. The second-order valence-corrected chi connectivity index (χ2v) is 6.18. The van der Waals surface area contributed by atoms with Crippen molar-refractivity contribution in [3.05, 3.63) is 34.9 Å². The fourth-order valence-electron chi connectivity index (χ4n) is 3.41. The van der Waals surface area contributed by atoms with Crippen molar-refractivity contribution in [1.29, 1.82) is 0 Å². The van der Waals surface area contributed by atoms with Gasteiger partial charge < -0.3 is 5.11 Å². The summed E-state index contributed by atoms with van der Waals surface area (Å²) in [6.07, 6.45) is 4.70. The van der Waals surface area contributed by atoms with Gasteiger partial charge in [0.1, 0.15) is 0 Å². The summed E-state index contributed by atoms with van der Waals surface area (Å²) >= 11 is 0. The number of aliphatic hydroxyl groups excluding tert-OH is 1. The van der Waals surface area contributed by atoms with Crippen molar-refractivity contribution in [2.75, 3.05) is 0 Å². The summed E-state index contributed by atoms with van der Waals surface area (Å²) in [5.74, 6) is 2.50. The average molecular weight is 230 g/mol. The van der Waals surface area contributed by atoms with Gasteiger partial charge in [-0.15, -0.1) is 0 Å². The molecule has 1 N–H and O–H groups in total. The number of aliphatic hydroxyl groups is 1. The molecule has 2 aliphatic rings. The van der Waals surface area contributed by atoms with Crippen molar-refractivity contribution in [3.8, 4) is 0 Å². The van der Waals surface area contributed by atoms with Gasteiger partial charge in [-0.25, -0.2) is 0 Å². The molecule has 0 saturated heterocycles. The van der Waals surface area contributed by atoms with Crippen molar-refractivity contribution >= 4 is 0 Å². The molecule has 0 aromatic heterocycles. The highest BCUT2D eigenvalue weighted by atomic mass is 16.3. The SMILES string of the molecule is Cc1ccc(CC(O)C2CC3CC3C2)cc1C. The first kappa shape index (κ1) is 11.3. The van der Waals surface area contributed by atoms with Crippen molar-refractivity contribution in [2.24, 2.45) is 17.8 Å². The molecule has 0 spiro atoms. The lowest BCUT2D eigenvalue weighted by Gasteiger charge is -2.19. The molecule has 0 bridgehead atoms. The highest BCUT2D eigenvalue weighted by Crippen LogP contribution is 2.55. The first-order valence-electron chi connectivity index (χ1n) is 6.87. The van der Waals surface area contributed by atoms with Gasteiger partial charge in [-0.05, 0) is 74.0 Å². The Morgan fingerprint density at radius 3 is 2.47 bits per heavy atom. The number of benzene rings is 1. The van der Waals surface area contributed by atoms with Crippen LogP contribution in [0.1, 0.15) is 36.0 Å². The molecule has 3 atom stereocenters. The fourth-order valence-corrected chi connectivity index (χ4v) is 3.41. The van der Waals surface area contributed by atoms with E-state index in [2.05, 4.69) is 32.0 Å². The molecule has 1 aromatic carbocycles. The quantitative estimate of drug-likeness (QED) is 0.845. The van der Waals surface area contributed by atoms with Gasteiger partial charge in [-0.3, -0.25) is 0 Å². The molecule has 2 aliphatic carbocycles. The van der Waals surface area contributed by atoms with E-state index in [1.54, 1.807) is 0 Å². The lowest BCUT2D eigenvalue weighted by atomic mass is 9.91. The van der Waals surface area contributed by atoms with Crippen LogP contribution in [0.4, 0.5) is 0 Å². The number of rotatable bonds is 3. The minimum atomic E-state index is -0.120. The number of aryl methyl sites for hydroxylation is 2. The Balaban J connectivity index is 1.63. The summed E-state index contributed by atoms with van der Waals surface area (Å²) < 4.78 is 0. The maximum atomic E-state index is 10.3. The van der Waals surface area contributed by atoms with Crippen molar-refractivity contribution in [3.63, 3.8) is 0 Å². The first-order valence-corrected chi connectivity index (χ1v) is 6.87. The second-order valence-electron chi connectivity index (χ2n) is 6.18. The molecule has 17 heavy (non-hydrogen) atoms. The summed E-state index contributed by atoms with van der Waals surface area (Å²) in [5.41, 5.74) is 3.97. The van der Waals surface area contributed by atoms with Crippen LogP contribution in [0.2, 0.25) is 0 Å². The Hall–Kier alpha value is -0.820. The molecule has 1 nitrogen and oxygen atoms in total. The van der Waals surface area contributed by atoms with Crippen LogP contribution >= 0.6 is 0 Å². The standard InChI is InChI=1S/C16H22O/c1-10-3-4-12(5-11(10)2)6-16(17)15-8-13-7-14(13)9-15/h3-5,13-17H,6-9H2,1-2H3. The summed E-state index contributed by atoms with van der Waals surface area (Å²) in [6.45, 7) is 4.29. The van der Waals surface area contributed by atoms with Crippen LogP contribution in [-0.4, -0.2) is 11.2 Å².